The number of aromatic nitrogens is 2. The van der Waals surface area contributed by atoms with Crippen molar-refractivity contribution in [2.45, 2.75) is 13.8 Å². The smallest absolute Gasteiger partial charge is 0.259 e. The first-order valence-corrected chi connectivity index (χ1v) is 5.93. The third kappa shape index (κ3) is 2.38. The van der Waals surface area contributed by atoms with Crippen LogP contribution in [0.5, 0.6) is 0 Å². The Morgan fingerprint density at radius 1 is 1.39 bits per heavy atom. The van der Waals surface area contributed by atoms with Crippen molar-refractivity contribution in [3.8, 4) is 0 Å². The van der Waals surface area contributed by atoms with Gasteiger partial charge in [0.15, 0.2) is 0 Å². The maximum absolute atomic E-state index is 12.1. The Hall–Kier alpha value is -1.81. The number of hydrogen-bond acceptors (Lipinski definition) is 2. The zero-order valence-electron chi connectivity index (χ0n) is 10.5. The molecule has 0 atom stereocenters. The summed E-state index contributed by atoms with van der Waals surface area (Å²) in [5.74, 6) is -0.161. The topological polar surface area (TPSA) is 46.9 Å². The molecule has 94 valence electrons. The molecule has 0 saturated carbocycles. The first kappa shape index (κ1) is 12.6. The molecule has 0 saturated heterocycles. The Balaban J connectivity index is 2.24. The number of halogens is 1. The Morgan fingerprint density at radius 2 is 2.11 bits per heavy atom. The lowest BCUT2D eigenvalue weighted by Crippen LogP contribution is -2.13. The molecule has 1 heterocycles. The largest absolute Gasteiger partial charge is 0.322 e. The first-order valence-electron chi connectivity index (χ1n) is 5.55. The molecule has 4 nitrogen and oxygen atoms in total. The summed E-state index contributed by atoms with van der Waals surface area (Å²) in [5.41, 5.74) is 3.09. The predicted octanol–water partition coefficient (Wildman–Crippen LogP) is 2.94. The molecule has 1 aromatic heterocycles. The Kier molecular flexibility index (Phi) is 3.39. The van der Waals surface area contributed by atoms with Crippen molar-refractivity contribution >= 4 is 23.2 Å². The van der Waals surface area contributed by atoms with E-state index in [1.54, 1.807) is 30.1 Å². The minimum Gasteiger partial charge on any atom is -0.322 e. The van der Waals surface area contributed by atoms with Crippen LogP contribution in [-0.2, 0) is 7.05 Å². The van der Waals surface area contributed by atoms with Gasteiger partial charge >= 0.3 is 0 Å². The summed E-state index contributed by atoms with van der Waals surface area (Å²) in [6.07, 6.45) is 1.57. The number of carbonyl (C=O) groups excluding carboxylic acids is 1. The highest BCUT2D eigenvalue weighted by Crippen LogP contribution is 2.20. The molecule has 1 amide bonds. The van der Waals surface area contributed by atoms with E-state index in [0.717, 1.165) is 16.9 Å². The van der Waals surface area contributed by atoms with Crippen molar-refractivity contribution in [2.75, 3.05) is 5.32 Å². The van der Waals surface area contributed by atoms with Crippen LogP contribution < -0.4 is 5.32 Å². The highest BCUT2D eigenvalue weighted by Gasteiger charge is 2.13. The second-order valence-electron chi connectivity index (χ2n) is 4.18. The molecule has 5 heteroatoms. The van der Waals surface area contributed by atoms with Gasteiger partial charge in [0.1, 0.15) is 0 Å². The van der Waals surface area contributed by atoms with Crippen molar-refractivity contribution in [2.24, 2.45) is 7.05 Å². The number of aryl methyl sites for hydroxylation is 2. The molecule has 0 aliphatic heterocycles. The van der Waals surface area contributed by atoms with Crippen molar-refractivity contribution in [1.29, 1.82) is 0 Å². The molecule has 18 heavy (non-hydrogen) atoms. The fourth-order valence-electron chi connectivity index (χ4n) is 1.68. The SMILES string of the molecule is Cc1cc(Cl)ccc1NC(=O)c1cnn(C)c1C. The van der Waals surface area contributed by atoms with Gasteiger partial charge in [0.05, 0.1) is 11.8 Å². The number of hydrogen-bond donors (Lipinski definition) is 1. The molecule has 1 aromatic carbocycles. The lowest BCUT2D eigenvalue weighted by atomic mass is 10.2. The summed E-state index contributed by atoms with van der Waals surface area (Å²) >= 11 is 5.87. The maximum Gasteiger partial charge on any atom is 0.259 e. The molecule has 0 unspecified atom stereocenters. The molecule has 0 fully saturated rings. The summed E-state index contributed by atoms with van der Waals surface area (Å²) in [6, 6.07) is 5.36. The van der Waals surface area contributed by atoms with E-state index in [-0.39, 0.29) is 5.91 Å². The van der Waals surface area contributed by atoms with Gasteiger partial charge in [-0.3, -0.25) is 9.48 Å². The fourth-order valence-corrected chi connectivity index (χ4v) is 1.91. The minimum atomic E-state index is -0.161. The van der Waals surface area contributed by atoms with Gasteiger partial charge in [-0.25, -0.2) is 0 Å². The summed E-state index contributed by atoms with van der Waals surface area (Å²) in [5, 5.41) is 7.56. The molecule has 2 rings (SSSR count). The number of anilines is 1. The summed E-state index contributed by atoms with van der Waals surface area (Å²) in [4.78, 5) is 12.1. The maximum atomic E-state index is 12.1. The number of carbonyl (C=O) groups is 1. The summed E-state index contributed by atoms with van der Waals surface area (Å²) in [7, 11) is 1.81. The van der Waals surface area contributed by atoms with E-state index in [1.807, 2.05) is 19.9 Å². The molecule has 0 spiro atoms. The molecule has 1 N–H and O–H groups in total. The highest BCUT2D eigenvalue weighted by molar-refractivity contribution is 6.30. The van der Waals surface area contributed by atoms with Gasteiger partial charge < -0.3 is 5.32 Å². The lowest BCUT2D eigenvalue weighted by molar-refractivity contribution is 0.102. The van der Waals surface area contributed by atoms with Crippen LogP contribution in [0.15, 0.2) is 24.4 Å². The van der Waals surface area contributed by atoms with Crippen LogP contribution in [0.1, 0.15) is 21.6 Å². The highest BCUT2D eigenvalue weighted by atomic mass is 35.5. The standard InChI is InChI=1S/C13H14ClN3O/c1-8-6-10(14)4-5-12(8)16-13(18)11-7-15-17(3)9(11)2/h4-7H,1-3H3,(H,16,18). The normalized spacial score (nSPS) is 10.4. The zero-order chi connectivity index (χ0) is 13.3. The van der Waals surface area contributed by atoms with Gasteiger partial charge in [-0.05, 0) is 37.6 Å². The number of benzene rings is 1. The second kappa shape index (κ2) is 4.82. The van der Waals surface area contributed by atoms with E-state index in [9.17, 15) is 4.79 Å². The number of amides is 1. The zero-order valence-corrected chi connectivity index (χ0v) is 11.2. The third-order valence-corrected chi connectivity index (χ3v) is 3.15. The number of nitrogens with zero attached hydrogens (tertiary/aromatic N) is 2. The van der Waals surface area contributed by atoms with Gasteiger partial charge in [0.2, 0.25) is 0 Å². The molecule has 0 bridgehead atoms. The van der Waals surface area contributed by atoms with Crippen LogP contribution in [0.25, 0.3) is 0 Å². The van der Waals surface area contributed by atoms with E-state index in [1.165, 1.54) is 0 Å². The van der Waals surface area contributed by atoms with E-state index in [2.05, 4.69) is 10.4 Å². The second-order valence-corrected chi connectivity index (χ2v) is 4.62. The van der Waals surface area contributed by atoms with Gasteiger partial charge in [-0.1, -0.05) is 11.6 Å². The summed E-state index contributed by atoms with van der Waals surface area (Å²) in [6.45, 7) is 3.76. The quantitative estimate of drug-likeness (QED) is 0.906. The number of rotatable bonds is 2. The van der Waals surface area contributed by atoms with Gasteiger partial charge in [0, 0.05) is 23.5 Å². The molecular weight excluding hydrogens is 250 g/mol. The Bertz CT molecular complexity index is 604. The average molecular weight is 264 g/mol. The van der Waals surface area contributed by atoms with Gasteiger partial charge in [-0.2, -0.15) is 5.10 Å². The Labute approximate surface area is 111 Å². The van der Waals surface area contributed by atoms with Crippen molar-refractivity contribution in [1.82, 2.24) is 9.78 Å². The van der Waals surface area contributed by atoms with Crippen LogP contribution in [0.2, 0.25) is 5.02 Å². The van der Waals surface area contributed by atoms with Crippen LogP contribution >= 0.6 is 11.6 Å². The summed E-state index contributed by atoms with van der Waals surface area (Å²) < 4.78 is 1.67. The fraction of sp³-hybridized carbons (Fsp3) is 0.231. The van der Waals surface area contributed by atoms with Crippen LogP contribution in [0.4, 0.5) is 5.69 Å². The molecule has 0 aliphatic rings. The average Bonchev–Trinajstić information content (AvgIpc) is 2.64. The number of nitrogens with one attached hydrogen (secondary N) is 1. The van der Waals surface area contributed by atoms with E-state index < -0.39 is 0 Å². The van der Waals surface area contributed by atoms with Crippen LogP contribution in [0.3, 0.4) is 0 Å². The minimum absolute atomic E-state index is 0.161. The molecule has 0 radical (unpaired) electrons. The van der Waals surface area contributed by atoms with Crippen LogP contribution in [-0.4, -0.2) is 15.7 Å². The van der Waals surface area contributed by atoms with E-state index >= 15 is 0 Å². The van der Waals surface area contributed by atoms with Crippen molar-refractivity contribution < 1.29 is 4.79 Å². The van der Waals surface area contributed by atoms with E-state index in [0.29, 0.717) is 10.6 Å². The van der Waals surface area contributed by atoms with Crippen LogP contribution in [0, 0.1) is 13.8 Å². The van der Waals surface area contributed by atoms with E-state index in [4.69, 9.17) is 11.6 Å². The monoisotopic (exact) mass is 263 g/mol. The van der Waals surface area contributed by atoms with Crippen molar-refractivity contribution in [3.63, 3.8) is 0 Å². The lowest BCUT2D eigenvalue weighted by Gasteiger charge is -2.08. The van der Waals surface area contributed by atoms with Crippen molar-refractivity contribution in [3.05, 3.63) is 46.2 Å². The molecule has 2 aromatic rings. The predicted molar refractivity (Wildman–Crippen MR) is 72.1 cm³/mol. The van der Waals surface area contributed by atoms with Gasteiger partial charge in [0.25, 0.3) is 5.91 Å². The molecule has 0 aliphatic carbocycles. The van der Waals surface area contributed by atoms with Gasteiger partial charge in [-0.15, -0.1) is 0 Å². The molecular formula is C13H14ClN3O. The Morgan fingerprint density at radius 3 is 2.67 bits per heavy atom. The third-order valence-electron chi connectivity index (χ3n) is 2.92. The first-order chi connectivity index (χ1) is 8.49.